The van der Waals surface area contributed by atoms with Gasteiger partial charge in [0.25, 0.3) is 0 Å². The number of piperidine rings is 1. The zero-order valence-electron chi connectivity index (χ0n) is 21.2. The van der Waals surface area contributed by atoms with Crippen molar-refractivity contribution >= 4 is 16.9 Å². The molecule has 2 heterocycles. The van der Waals surface area contributed by atoms with Crippen molar-refractivity contribution in [1.82, 2.24) is 14.5 Å². The first-order chi connectivity index (χ1) is 17.8. The van der Waals surface area contributed by atoms with Gasteiger partial charge in [-0.2, -0.15) is 13.2 Å². The van der Waals surface area contributed by atoms with E-state index in [-0.39, 0.29) is 18.6 Å². The van der Waals surface area contributed by atoms with Gasteiger partial charge in [-0.05, 0) is 61.6 Å². The summed E-state index contributed by atoms with van der Waals surface area (Å²) in [7, 11) is 3.18. The van der Waals surface area contributed by atoms with Crippen LogP contribution >= 0.6 is 0 Å². The highest BCUT2D eigenvalue weighted by atomic mass is 19.4. The van der Waals surface area contributed by atoms with Crippen LogP contribution in [0.1, 0.15) is 61.5 Å². The van der Waals surface area contributed by atoms with E-state index in [1.807, 2.05) is 33.7 Å². The van der Waals surface area contributed by atoms with E-state index in [2.05, 4.69) is 4.98 Å². The molecule has 1 saturated heterocycles. The minimum atomic E-state index is -4.43. The number of hydrogen-bond acceptors (Lipinski definition) is 4. The van der Waals surface area contributed by atoms with Crippen LogP contribution in [0.4, 0.5) is 13.2 Å². The molecule has 3 aromatic rings. The number of amides is 1. The third-order valence-corrected chi connectivity index (χ3v) is 7.99. The van der Waals surface area contributed by atoms with Crippen LogP contribution in [0.5, 0.6) is 5.75 Å². The Kier molecular flexibility index (Phi) is 6.91. The molecule has 0 unspecified atom stereocenters. The summed E-state index contributed by atoms with van der Waals surface area (Å²) < 4.78 is 52.4. The largest absolute Gasteiger partial charge is 0.497 e. The summed E-state index contributed by atoms with van der Waals surface area (Å²) in [6.07, 6.45) is 0.699. The fourth-order valence-electron chi connectivity index (χ4n) is 6.11. The molecule has 0 atom stereocenters. The molecule has 2 aliphatic rings. The summed E-state index contributed by atoms with van der Waals surface area (Å²) in [4.78, 5) is 20.4. The van der Waals surface area contributed by atoms with Crippen LogP contribution in [-0.4, -0.2) is 47.7 Å². The summed E-state index contributed by atoms with van der Waals surface area (Å²) >= 11 is 0. The van der Waals surface area contributed by atoms with E-state index in [9.17, 15) is 18.0 Å². The van der Waals surface area contributed by atoms with Crippen molar-refractivity contribution in [1.29, 1.82) is 0 Å². The number of ether oxygens (including phenoxy) is 2. The molecule has 6 nitrogen and oxygen atoms in total. The average Bonchev–Trinajstić information content (AvgIpc) is 3.53. The second-order valence-corrected chi connectivity index (χ2v) is 10.1. The maximum Gasteiger partial charge on any atom is 0.416 e. The van der Waals surface area contributed by atoms with Crippen LogP contribution in [0.25, 0.3) is 11.0 Å². The Labute approximate surface area is 214 Å². The Morgan fingerprint density at radius 2 is 1.73 bits per heavy atom. The second-order valence-electron chi connectivity index (χ2n) is 10.1. The Morgan fingerprint density at radius 1 is 1.05 bits per heavy atom. The van der Waals surface area contributed by atoms with E-state index in [1.54, 1.807) is 14.2 Å². The Balaban J connectivity index is 1.37. The third kappa shape index (κ3) is 4.69. The van der Waals surface area contributed by atoms with Crippen molar-refractivity contribution in [3.05, 3.63) is 59.4 Å². The molecule has 1 saturated carbocycles. The van der Waals surface area contributed by atoms with E-state index >= 15 is 0 Å². The summed E-state index contributed by atoms with van der Waals surface area (Å²) in [5, 5.41) is 0. The van der Waals surface area contributed by atoms with Gasteiger partial charge >= 0.3 is 6.18 Å². The van der Waals surface area contributed by atoms with Crippen LogP contribution in [-0.2, 0) is 27.7 Å². The summed E-state index contributed by atoms with van der Waals surface area (Å²) in [5.74, 6) is 1.55. The molecule has 0 N–H and O–H groups in total. The highest BCUT2D eigenvalue weighted by Gasteiger charge is 2.45. The minimum Gasteiger partial charge on any atom is -0.497 e. The first-order valence-electron chi connectivity index (χ1n) is 12.8. The number of carbonyl (C=O) groups is 1. The molecule has 0 bridgehead atoms. The van der Waals surface area contributed by atoms with Crippen molar-refractivity contribution in [2.45, 2.75) is 62.8 Å². The molecule has 198 valence electrons. The maximum atomic E-state index is 13.9. The smallest absolute Gasteiger partial charge is 0.416 e. The second kappa shape index (κ2) is 10.0. The number of imidazole rings is 1. The number of rotatable bonds is 6. The Hall–Kier alpha value is -3.07. The number of alkyl halides is 3. The first kappa shape index (κ1) is 25.6. The van der Waals surface area contributed by atoms with Gasteiger partial charge in [-0.3, -0.25) is 4.79 Å². The van der Waals surface area contributed by atoms with Gasteiger partial charge in [0.1, 0.15) is 18.2 Å². The molecule has 9 heteroatoms. The monoisotopic (exact) mass is 515 g/mol. The Bertz CT molecular complexity index is 1260. The molecule has 0 radical (unpaired) electrons. The molecule has 0 spiro atoms. The normalized spacial score (nSPS) is 18.5. The number of methoxy groups -OCH3 is 2. The van der Waals surface area contributed by atoms with Crippen molar-refractivity contribution in [3.8, 4) is 5.75 Å². The van der Waals surface area contributed by atoms with Crippen LogP contribution in [0, 0.1) is 0 Å². The van der Waals surface area contributed by atoms with Gasteiger partial charge in [0, 0.05) is 26.2 Å². The number of carbonyl (C=O) groups excluding carboxylic acids is 1. The number of nitrogens with zero attached hydrogens (tertiary/aromatic N) is 3. The van der Waals surface area contributed by atoms with Gasteiger partial charge in [-0.25, -0.2) is 4.98 Å². The Morgan fingerprint density at radius 3 is 2.32 bits per heavy atom. The minimum absolute atomic E-state index is 0.0245. The number of likely N-dealkylation sites (tertiary alicyclic amines) is 1. The molecular weight excluding hydrogens is 483 g/mol. The molecule has 1 aromatic heterocycles. The van der Waals surface area contributed by atoms with E-state index in [0.29, 0.717) is 42.8 Å². The lowest BCUT2D eigenvalue weighted by atomic mass is 9.77. The molecule has 2 aromatic carbocycles. The fourth-order valence-corrected chi connectivity index (χ4v) is 6.11. The summed E-state index contributed by atoms with van der Waals surface area (Å²) in [6, 6.07) is 11.6. The van der Waals surface area contributed by atoms with Crippen LogP contribution < -0.4 is 4.74 Å². The number of hydrogen-bond donors (Lipinski definition) is 0. The average molecular weight is 516 g/mol. The van der Waals surface area contributed by atoms with Gasteiger partial charge in [-0.1, -0.05) is 25.0 Å². The van der Waals surface area contributed by atoms with Crippen LogP contribution in [0.3, 0.4) is 0 Å². The maximum absolute atomic E-state index is 13.9. The van der Waals surface area contributed by atoms with Gasteiger partial charge < -0.3 is 18.9 Å². The lowest BCUT2D eigenvalue weighted by Gasteiger charge is -2.39. The van der Waals surface area contributed by atoms with Crippen molar-refractivity contribution in [2.75, 3.05) is 27.3 Å². The number of fused-ring (bicyclic) bond motifs is 1. The number of aromatic nitrogens is 2. The van der Waals surface area contributed by atoms with Crippen LogP contribution in [0.2, 0.25) is 0 Å². The van der Waals surface area contributed by atoms with Gasteiger partial charge in [0.2, 0.25) is 5.91 Å². The molecule has 5 rings (SSSR count). The summed E-state index contributed by atoms with van der Waals surface area (Å²) in [6.45, 7) is 1.39. The van der Waals surface area contributed by atoms with E-state index < -0.39 is 17.2 Å². The molecule has 1 aliphatic carbocycles. The van der Waals surface area contributed by atoms with Crippen molar-refractivity contribution < 1.29 is 27.4 Å². The lowest BCUT2D eigenvalue weighted by Crippen LogP contribution is -2.48. The molecule has 2 fully saturated rings. The third-order valence-electron chi connectivity index (χ3n) is 7.99. The van der Waals surface area contributed by atoms with Gasteiger partial charge in [0.05, 0.1) is 29.1 Å². The van der Waals surface area contributed by atoms with Crippen molar-refractivity contribution in [3.63, 3.8) is 0 Å². The quantitative estimate of drug-likeness (QED) is 0.411. The standard InChI is InChI=1S/C28H32F3N3O3/c1-36-18-25-32-23-17-20(28(29,30)31)7-10-24(23)34(25)21-11-15-33(16-12-21)26(35)27(13-3-4-14-27)19-5-8-22(37-2)9-6-19/h5-10,17,21H,3-4,11-16,18H2,1-2H3. The van der Waals surface area contributed by atoms with Gasteiger partial charge in [-0.15, -0.1) is 0 Å². The molecule has 1 amide bonds. The highest BCUT2D eigenvalue weighted by molar-refractivity contribution is 5.89. The molecule has 1 aliphatic heterocycles. The van der Waals surface area contributed by atoms with Crippen LogP contribution in [0.15, 0.2) is 42.5 Å². The number of halogens is 3. The van der Waals surface area contributed by atoms with Gasteiger partial charge in [0.15, 0.2) is 0 Å². The van der Waals surface area contributed by atoms with Crippen molar-refractivity contribution in [2.24, 2.45) is 0 Å². The van der Waals surface area contributed by atoms with E-state index in [4.69, 9.17) is 9.47 Å². The fraction of sp³-hybridized carbons (Fsp3) is 0.500. The van der Waals surface area contributed by atoms with E-state index in [1.165, 1.54) is 6.07 Å². The zero-order valence-corrected chi connectivity index (χ0v) is 21.2. The lowest BCUT2D eigenvalue weighted by molar-refractivity contribution is -0.139. The first-order valence-corrected chi connectivity index (χ1v) is 12.8. The predicted molar refractivity (Wildman–Crippen MR) is 133 cm³/mol. The predicted octanol–water partition coefficient (Wildman–Crippen LogP) is 5.89. The number of benzene rings is 2. The summed E-state index contributed by atoms with van der Waals surface area (Å²) in [5.41, 5.74) is 0.798. The highest BCUT2D eigenvalue weighted by Crippen LogP contribution is 2.44. The zero-order chi connectivity index (χ0) is 26.2. The SMILES string of the molecule is COCc1nc2cc(C(F)(F)F)ccc2n1C1CCN(C(=O)C2(c3ccc(OC)cc3)CCCC2)CC1. The molecule has 37 heavy (non-hydrogen) atoms. The topological polar surface area (TPSA) is 56.6 Å². The molecular formula is C28H32F3N3O3. The van der Waals surface area contributed by atoms with E-state index in [0.717, 1.165) is 49.1 Å².